The maximum atomic E-state index is 14.2. The van der Waals surface area contributed by atoms with E-state index >= 15 is 0 Å². The van der Waals surface area contributed by atoms with Crippen molar-refractivity contribution in [2.75, 3.05) is 53.0 Å². The van der Waals surface area contributed by atoms with Crippen molar-refractivity contribution in [3.63, 3.8) is 0 Å². The number of ether oxygens (including phenoxy) is 2. The first-order chi connectivity index (χ1) is 17.9. The molecule has 1 aromatic rings. The number of carbonyl (C=O) groups is 3. The lowest BCUT2D eigenvalue weighted by atomic mass is 9.65. The van der Waals surface area contributed by atoms with Crippen LogP contribution in [0.3, 0.4) is 0 Å². The Balaban J connectivity index is 1.49. The van der Waals surface area contributed by atoms with E-state index in [9.17, 15) is 19.5 Å². The molecule has 6 atom stereocenters. The zero-order valence-electron chi connectivity index (χ0n) is 21.7. The molecule has 37 heavy (non-hydrogen) atoms. The fraction of sp³-hybridized carbons (Fsp3) is 0.667. The van der Waals surface area contributed by atoms with Gasteiger partial charge in [-0.2, -0.15) is 0 Å². The summed E-state index contributed by atoms with van der Waals surface area (Å²) >= 11 is 0. The van der Waals surface area contributed by atoms with Crippen LogP contribution in [0.5, 0.6) is 0 Å². The van der Waals surface area contributed by atoms with Crippen molar-refractivity contribution in [1.82, 2.24) is 20.4 Å². The van der Waals surface area contributed by atoms with Gasteiger partial charge < -0.3 is 30.1 Å². The van der Waals surface area contributed by atoms with Gasteiger partial charge in [-0.3, -0.25) is 19.3 Å². The Morgan fingerprint density at radius 2 is 1.89 bits per heavy atom. The van der Waals surface area contributed by atoms with E-state index in [-0.39, 0.29) is 24.3 Å². The van der Waals surface area contributed by atoms with E-state index in [4.69, 9.17) is 9.47 Å². The summed E-state index contributed by atoms with van der Waals surface area (Å²) in [6, 6.07) is 7.56. The highest BCUT2D eigenvalue weighted by Gasteiger charge is 2.79. The summed E-state index contributed by atoms with van der Waals surface area (Å²) in [6.45, 7) is 5.69. The summed E-state index contributed by atoms with van der Waals surface area (Å²) in [7, 11) is 1.57. The molecule has 0 radical (unpaired) electrons. The van der Waals surface area contributed by atoms with Gasteiger partial charge in [-0.15, -0.1) is 0 Å². The topological polar surface area (TPSA) is 120 Å². The van der Waals surface area contributed by atoms with Crippen LogP contribution in [0.4, 0.5) is 0 Å². The van der Waals surface area contributed by atoms with Crippen molar-refractivity contribution in [3.8, 4) is 0 Å². The summed E-state index contributed by atoms with van der Waals surface area (Å²) in [6.07, 6.45) is 1.69. The second kappa shape index (κ2) is 10.3. The minimum atomic E-state index is -1.12. The molecule has 3 N–H and O–H groups in total. The van der Waals surface area contributed by atoms with Crippen LogP contribution in [0.1, 0.15) is 37.8 Å². The molecular weight excluding hydrogens is 476 g/mol. The molecule has 1 aromatic carbocycles. The smallest absolute Gasteiger partial charge is 0.245 e. The van der Waals surface area contributed by atoms with Gasteiger partial charge in [-0.25, -0.2) is 0 Å². The van der Waals surface area contributed by atoms with Crippen LogP contribution in [0.25, 0.3) is 0 Å². The molecule has 0 aromatic heterocycles. The molecule has 5 rings (SSSR count). The lowest BCUT2D eigenvalue weighted by Gasteiger charge is -2.37. The summed E-state index contributed by atoms with van der Waals surface area (Å²) in [5.41, 5.74) is -1.16. The summed E-state index contributed by atoms with van der Waals surface area (Å²) in [5, 5.41) is 16.3. The standard InChI is InChI=1S/C27H38N4O6/c1-3-26-9-10-27(37-26)21(20(26)23(33)28-2)25(35)31(19(17-32)18-7-5-4-6-8-18)22(27)24(34)29-11-12-30-13-15-36-16-14-30/h4-8,19-22,32H,3,9-17H2,1-2H3,(H,28,33)(H,29,34)/t19-,20+,21+,22?,26-,27?/m1/s1. The Morgan fingerprint density at radius 3 is 2.54 bits per heavy atom. The Labute approximate surface area is 217 Å². The number of morpholine rings is 1. The molecule has 2 bridgehead atoms. The highest BCUT2D eigenvalue weighted by Crippen LogP contribution is 2.65. The first kappa shape index (κ1) is 26.1. The van der Waals surface area contributed by atoms with Crippen molar-refractivity contribution < 1.29 is 29.0 Å². The Morgan fingerprint density at radius 1 is 1.16 bits per heavy atom. The average Bonchev–Trinajstić information content (AvgIpc) is 3.54. The quantitative estimate of drug-likeness (QED) is 0.427. The van der Waals surface area contributed by atoms with Gasteiger partial charge in [0, 0.05) is 33.2 Å². The molecule has 1 spiro atoms. The molecule has 3 amide bonds. The number of hydrogen-bond acceptors (Lipinski definition) is 7. The fourth-order valence-electron chi connectivity index (χ4n) is 7.13. The van der Waals surface area contributed by atoms with E-state index in [1.807, 2.05) is 37.3 Å². The van der Waals surface area contributed by atoms with Crippen LogP contribution < -0.4 is 10.6 Å². The number of nitrogens with zero attached hydrogens (tertiary/aromatic N) is 2. The number of fused-ring (bicyclic) bond motifs is 1. The number of likely N-dealkylation sites (tertiary alicyclic amines) is 1. The van der Waals surface area contributed by atoms with Crippen LogP contribution in [0, 0.1) is 11.8 Å². The lowest BCUT2D eigenvalue weighted by molar-refractivity contribution is -0.151. The van der Waals surface area contributed by atoms with Gasteiger partial charge in [0.2, 0.25) is 17.7 Å². The number of carbonyl (C=O) groups excluding carboxylic acids is 3. The zero-order chi connectivity index (χ0) is 26.2. The molecule has 10 nitrogen and oxygen atoms in total. The number of rotatable bonds is 9. The number of amides is 3. The molecule has 0 aliphatic carbocycles. The van der Waals surface area contributed by atoms with E-state index in [0.717, 1.165) is 18.7 Å². The predicted octanol–water partition coefficient (Wildman–Crippen LogP) is 0.0692. The zero-order valence-corrected chi connectivity index (χ0v) is 21.7. The highest BCUT2D eigenvalue weighted by molar-refractivity contribution is 5.99. The fourth-order valence-corrected chi connectivity index (χ4v) is 7.13. The molecule has 202 valence electrons. The molecule has 0 saturated carbocycles. The minimum absolute atomic E-state index is 0.240. The van der Waals surface area contributed by atoms with Crippen molar-refractivity contribution in [2.45, 2.75) is 49.5 Å². The van der Waals surface area contributed by atoms with Gasteiger partial charge in [0.25, 0.3) is 0 Å². The molecule has 4 fully saturated rings. The van der Waals surface area contributed by atoms with E-state index in [2.05, 4.69) is 15.5 Å². The number of aliphatic hydroxyl groups is 1. The molecule has 4 saturated heterocycles. The van der Waals surface area contributed by atoms with Crippen LogP contribution in [-0.4, -0.2) is 103 Å². The van der Waals surface area contributed by atoms with Gasteiger partial charge in [-0.1, -0.05) is 37.3 Å². The second-order valence-electron chi connectivity index (χ2n) is 10.5. The normalized spacial score (nSPS) is 33.9. The molecule has 10 heteroatoms. The van der Waals surface area contributed by atoms with Crippen molar-refractivity contribution in [3.05, 3.63) is 35.9 Å². The Kier molecular flexibility index (Phi) is 7.28. The van der Waals surface area contributed by atoms with Crippen LogP contribution >= 0.6 is 0 Å². The first-order valence-electron chi connectivity index (χ1n) is 13.4. The third-order valence-electron chi connectivity index (χ3n) is 8.92. The third kappa shape index (κ3) is 4.14. The van der Waals surface area contributed by atoms with E-state index in [1.165, 1.54) is 4.90 Å². The van der Waals surface area contributed by atoms with Crippen molar-refractivity contribution in [1.29, 1.82) is 0 Å². The number of hydrogen-bond donors (Lipinski definition) is 3. The minimum Gasteiger partial charge on any atom is -0.394 e. The molecule has 4 aliphatic rings. The van der Waals surface area contributed by atoms with E-state index in [0.29, 0.717) is 45.6 Å². The predicted molar refractivity (Wildman–Crippen MR) is 134 cm³/mol. The second-order valence-corrected chi connectivity index (χ2v) is 10.5. The summed E-state index contributed by atoms with van der Waals surface area (Å²) in [4.78, 5) is 45.1. The number of aliphatic hydroxyl groups excluding tert-OH is 1. The van der Waals surface area contributed by atoms with E-state index < -0.39 is 35.1 Å². The van der Waals surface area contributed by atoms with Crippen LogP contribution in [0.2, 0.25) is 0 Å². The lowest BCUT2D eigenvalue weighted by Crippen LogP contribution is -2.57. The Bertz CT molecular complexity index is 1020. The van der Waals surface area contributed by atoms with Crippen molar-refractivity contribution in [2.24, 2.45) is 11.8 Å². The molecular formula is C27H38N4O6. The first-order valence-corrected chi connectivity index (χ1v) is 13.4. The summed E-state index contributed by atoms with van der Waals surface area (Å²) in [5.74, 6) is -2.32. The van der Waals surface area contributed by atoms with Crippen LogP contribution in [-0.2, 0) is 23.9 Å². The maximum Gasteiger partial charge on any atom is 0.245 e. The molecule has 2 unspecified atom stereocenters. The van der Waals surface area contributed by atoms with Crippen molar-refractivity contribution >= 4 is 17.7 Å². The maximum absolute atomic E-state index is 14.2. The Hall–Kier alpha value is -2.53. The van der Waals surface area contributed by atoms with Crippen LogP contribution in [0.15, 0.2) is 30.3 Å². The third-order valence-corrected chi connectivity index (χ3v) is 8.92. The monoisotopic (exact) mass is 514 g/mol. The largest absolute Gasteiger partial charge is 0.394 e. The average molecular weight is 515 g/mol. The highest BCUT2D eigenvalue weighted by atomic mass is 16.5. The molecule has 4 heterocycles. The summed E-state index contributed by atoms with van der Waals surface area (Å²) < 4.78 is 12.1. The number of benzene rings is 1. The molecule has 4 aliphatic heterocycles. The van der Waals surface area contributed by atoms with Gasteiger partial charge in [-0.05, 0) is 24.8 Å². The SMILES string of the molecule is CC[C@]12CCC3(O1)C(C(=O)NCCN1CCOCC1)N([C@H](CO)c1ccccc1)C(=O)[C@@H]3[C@H]2C(=O)NC. The van der Waals surface area contributed by atoms with Gasteiger partial charge in [0.15, 0.2) is 0 Å². The van der Waals surface area contributed by atoms with Gasteiger partial charge in [0.1, 0.15) is 11.6 Å². The number of nitrogens with one attached hydrogen (secondary N) is 2. The van der Waals surface area contributed by atoms with Gasteiger partial charge >= 0.3 is 0 Å². The van der Waals surface area contributed by atoms with E-state index in [1.54, 1.807) is 7.05 Å². The van der Waals surface area contributed by atoms with Gasteiger partial charge in [0.05, 0.1) is 43.3 Å².